The zero-order chi connectivity index (χ0) is 15.5. The van der Waals surface area contributed by atoms with Gasteiger partial charge in [0, 0.05) is 19.1 Å². The molecule has 2 saturated heterocycles. The van der Waals surface area contributed by atoms with E-state index in [1.54, 1.807) is 0 Å². The molecule has 0 radical (unpaired) electrons. The Morgan fingerprint density at radius 2 is 1.65 bits per heavy atom. The number of benzene rings is 2. The van der Waals surface area contributed by atoms with Crippen molar-refractivity contribution >= 4 is 0 Å². The van der Waals surface area contributed by atoms with Crippen LogP contribution in [0.2, 0.25) is 0 Å². The van der Waals surface area contributed by atoms with Gasteiger partial charge in [0.25, 0.3) is 0 Å². The summed E-state index contributed by atoms with van der Waals surface area (Å²) in [6.07, 6.45) is 3.87. The number of hydrogen-bond acceptors (Lipinski definition) is 3. The van der Waals surface area contributed by atoms with Crippen LogP contribution < -0.4 is 0 Å². The molecule has 0 bridgehead atoms. The molecule has 2 atom stereocenters. The molecule has 0 unspecified atom stereocenters. The van der Waals surface area contributed by atoms with E-state index in [-0.39, 0.29) is 0 Å². The number of rotatable bonds is 3. The van der Waals surface area contributed by atoms with E-state index in [9.17, 15) is 0 Å². The van der Waals surface area contributed by atoms with Crippen LogP contribution in [0.5, 0.6) is 0 Å². The van der Waals surface area contributed by atoms with E-state index in [4.69, 9.17) is 4.84 Å². The summed E-state index contributed by atoms with van der Waals surface area (Å²) in [4.78, 5) is 8.69. The lowest BCUT2D eigenvalue weighted by Crippen LogP contribution is -2.55. The predicted molar refractivity (Wildman–Crippen MR) is 91.5 cm³/mol. The van der Waals surface area contributed by atoms with Crippen molar-refractivity contribution in [1.29, 1.82) is 0 Å². The molecule has 0 saturated carbocycles. The molecule has 23 heavy (non-hydrogen) atoms. The zero-order valence-corrected chi connectivity index (χ0v) is 13.5. The number of hydroxylamine groups is 2. The summed E-state index contributed by atoms with van der Waals surface area (Å²) in [5.41, 5.74) is 2.66. The highest BCUT2D eigenvalue weighted by molar-refractivity contribution is 5.22. The highest BCUT2D eigenvalue weighted by Gasteiger charge is 2.39. The highest BCUT2D eigenvalue weighted by Crippen LogP contribution is 2.37. The molecule has 0 N–H and O–H groups in total. The average molecular weight is 308 g/mol. The Morgan fingerprint density at radius 3 is 2.43 bits per heavy atom. The molecule has 0 amide bonds. The topological polar surface area (TPSA) is 15.7 Å². The van der Waals surface area contributed by atoms with Crippen molar-refractivity contribution in [2.24, 2.45) is 0 Å². The second kappa shape index (κ2) is 6.83. The molecule has 0 spiro atoms. The third-order valence-electron chi connectivity index (χ3n) is 5.05. The van der Waals surface area contributed by atoms with Gasteiger partial charge in [0.1, 0.15) is 6.73 Å². The van der Waals surface area contributed by atoms with Gasteiger partial charge in [0.15, 0.2) is 0 Å². The summed E-state index contributed by atoms with van der Waals surface area (Å²) in [5, 5.41) is 2.21. The summed E-state index contributed by atoms with van der Waals surface area (Å²) in [7, 11) is 0. The van der Waals surface area contributed by atoms with Crippen LogP contribution in [0.3, 0.4) is 0 Å². The van der Waals surface area contributed by atoms with Gasteiger partial charge in [-0.15, -0.1) is 0 Å². The first-order valence-corrected chi connectivity index (χ1v) is 8.64. The Morgan fingerprint density at radius 1 is 0.913 bits per heavy atom. The first-order chi connectivity index (χ1) is 11.4. The van der Waals surface area contributed by atoms with Gasteiger partial charge >= 0.3 is 0 Å². The first-order valence-electron chi connectivity index (χ1n) is 8.64. The molecular formula is C20H24N2O. The molecule has 120 valence electrons. The van der Waals surface area contributed by atoms with Crippen LogP contribution in [0.15, 0.2) is 60.7 Å². The number of piperidine rings is 1. The maximum atomic E-state index is 6.18. The van der Waals surface area contributed by atoms with Crippen LogP contribution in [0.1, 0.15) is 36.4 Å². The highest BCUT2D eigenvalue weighted by atomic mass is 16.7. The largest absolute Gasteiger partial charge is 0.282 e. The molecule has 4 rings (SSSR count). The van der Waals surface area contributed by atoms with Crippen LogP contribution in [0, 0.1) is 0 Å². The van der Waals surface area contributed by atoms with E-state index in [0.29, 0.717) is 12.1 Å². The summed E-state index contributed by atoms with van der Waals surface area (Å²) in [6, 6.07) is 22.3. The van der Waals surface area contributed by atoms with Crippen LogP contribution in [-0.2, 0) is 11.4 Å². The second-order valence-electron chi connectivity index (χ2n) is 6.55. The molecule has 0 aromatic heterocycles. The monoisotopic (exact) mass is 308 g/mol. The SMILES string of the molecule is c1ccc(CN2OCN3CCCC[C@H]3[C@@H]2c2ccccc2)cc1. The van der Waals surface area contributed by atoms with E-state index in [0.717, 1.165) is 19.8 Å². The Bertz CT molecular complexity index is 616. The van der Waals surface area contributed by atoms with Gasteiger partial charge in [0.05, 0.1) is 6.04 Å². The summed E-state index contributed by atoms with van der Waals surface area (Å²) >= 11 is 0. The van der Waals surface area contributed by atoms with Crippen LogP contribution in [0.25, 0.3) is 0 Å². The van der Waals surface area contributed by atoms with E-state index in [1.807, 2.05) is 0 Å². The van der Waals surface area contributed by atoms with Crippen molar-refractivity contribution in [1.82, 2.24) is 9.96 Å². The molecule has 2 aliphatic rings. The number of hydrogen-bond donors (Lipinski definition) is 0. The van der Waals surface area contributed by atoms with Gasteiger partial charge in [-0.25, -0.2) is 0 Å². The smallest absolute Gasteiger partial charge is 0.121 e. The van der Waals surface area contributed by atoms with Crippen molar-refractivity contribution < 1.29 is 4.84 Å². The molecule has 0 aliphatic carbocycles. The van der Waals surface area contributed by atoms with Crippen molar-refractivity contribution in [3.05, 3.63) is 71.8 Å². The van der Waals surface area contributed by atoms with E-state index in [2.05, 4.69) is 70.6 Å². The Hall–Kier alpha value is -1.68. The van der Waals surface area contributed by atoms with Crippen molar-refractivity contribution in [3.63, 3.8) is 0 Å². The van der Waals surface area contributed by atoms with Gasteiger partial charge in [-0.05, 0) is 24.0 Å². The standard InChI is InChI=1S/C20H24N2O/c1-3-9-17(10-4-1)15-22-20(18-11-5-2-6-12-18)19-13-7-8-14-21(19)16-23-22/h1-6,9-12,19-20H,7-8,13-16H2/t19-,20-/m0/s1. The molecule has 2 heterocycles. The third kappa shape index (κ3) is 3.18. The quantitative estimate of drug-likeness (QED) is 0.853. The van der Waals surface area contributed by atoms with E-state index < -0.39 is 0 Å². The lowest BCUT2D eigenvalue weighted by molar-refractivity contribution is -0.282. The minimum absolute atomic E-state index is 0.311. The second-order valence-corrected chi connectivity index (χ2v) is 6.55. The van der Waals surface area contributed by atoms with E-state index in [1.165, 1.54) is 30.4 Å². The third-order valence-corrected chi connectivity index (χ3v) is 5.05. The van der Waals surface area contributed by atoms with Gasteiger partial charge in [-0.2, -0.15) is 5.06 Å². The summed E-state index contributed by atoms with van der Waals surface area (Å²) < 4.78 is 0. The molecule has 2 fully saturated rings. The molecule has 2 aromatic rings. The summed E-state index contributed by atoms with van der Waals surface area (Å²) in [6.45, 7) is 2.72. The number of fused-ring (bicyclic) bond motifs is 1. The Balaban J connectivity index is 1.63. The molecule has 3 heteroatoms. The lowest BCUT2D eigenvalue weighted by atomic mass is 9.90. The fourth-order valence-corrected chi connectivity index (χ4v) is 3.90. The number of nitrogens with zero attached hydrogens (tertiary/aromatic N) is 2. The molecule has 2 aliphatic heterocycles. The maximum absolute atomic E-state index is 6.18. The molecular weight excluding hydrogens is 284 g/mol. The minimum Gasteiger partial charge on any atom is -0.282 e. The van der Waals surface area contributed by atoms with E-state index >= 15 is 0 Å². The molecule has 2 aromatic carbocycles. The zero-order valence-electron chi connectivity index (χ0n) is 13.5. The first kappa shape index (κ1) is 14.9. The fourth-order valence-electron chi connectivity index (χ4n) is 3.90. The maximum Gasteiger partial charge on any atom is 0.121 e. The Kier molecular flexibility index (Phi) is 4.42. The van der Waals surface area contributed by atoms with Crippen molar-refractivity contribution in [2.45, 2.75) is 37.9 Å². The lowest BCUT2D eigenvalue weighted by Gasteiger charge is -2.49. The molecule has 3 nitrogen and oxygen atoms in total. The van der Waals surface area contributed by atoms with Gasteiger partial charge < -0.3 is 0 Å². The predicted octanol–water partition coefficient (Wildman–Crippen LogP) is 3.99. The fraction of sp³-hybridized carbons (Fsp3) is 0.400. The van der Waals surface area contributed by atoms with Crippen LogP contribution >= 0.6 is 0 Å². The van der Waals surface area contributed by atoms with Crippen molar-refractivity contribution in [2.75, 3.05) is 13.3 Å². The summed E-state index contributed by atoms with van der Waals surface area (Å²) in [5.74, 6) is 0. The normalized spacial score (nSPS) is 25.9. The average Bonchev–Trinajstić information content (AvgIpc) is 2.63. The minimum atomic E-state index is 0.311. The van der Waals surface area contributed by atoms with Gasteiger partial charge in [0.2, 0.25) is 0 Å². The van der Waals surface area contributed by atoms with Crippen molar-refractivity contribution in [3.8, 4) is 0 Å². The van der Waals surface area contributed by atoms with Gasteiger partial charge in [-0.1, -0.05) is 67.1 Å². The Labute approximate surface area is 138 Å². The van der Waals surface area contributed by atoms with Gasteiger partial charge in [-0.3, -0.25) is 9.74 Å². The van der Waals surface area contributed by atoms with Crippen LogP contribution in [-0.4, -0.2) is 29.3 Å². The van der Waals surface area contributed by atoms with Crippen LogP contribution in [0.4, 0.5) is 0 Å².